The van der Waals surface area contributed by atoms with Gasteiger partial charge in [-0.25, -0.2) is 0 Å². The van der Waals surface area contributed by atoms with Crippen molar-refractivity contribution in [2.75, 3.05) is 0 Å². The summed E-state index contributed by atoms with van der Waals surface area (Å²) >= 11 is 5.61. The first-order chi connectivity index (χ1) is 8.97. The van der Waals surface area contributed by atoms with Crippen LogP contribution in [0, 0.1) is 11.3 Å². The molecule has 0 saturated carbocycles. The number of alkyl halides is 4. The lowest BCUT2D eigenvalue weighted by atomic mass is 10.1. The van der Waals surface area contributed by atoms with Gasteiger partial charge in [-0.15, -0.1) is 21.8 Å². The molecule has 0 saturated heterocycles. The lowest BCUT2D eigenvalue weighted by molar-refractivity contribution is -0.137. The van der Waals surface area contributed by atoms with Crippen molar-refractivity contribution in [1.29, 1.82) is 5.26 Å². The third-order valence-electron chi connectivity index (χ3n) is 2.45. The summed E-state index contributed by atoms with van der Waals surface area (Å²) in [5.41, 5.74) is -1.23. The quantitative estimate of drug-likeness (QED) is 0.798. The highest BCUT2D eigenvalue weighted by atomic mass is 35.5. The van der Waals surface area contributed by atoms with Crippen LogP contribution in [-0.2, 0) is 12.1 Å². The number of nitrogens with zero attached hydrogens (tertiary/aromatic N) is 4. The zero-order chi connectivity index (χ0) is 14.0. The van der Waals surface area contributed by atoms with Crippen molar-refractivity contribution in [1.82, 2.24) is 14.8 Å². The lowest BCUT2D eigenvalue weighted by Crippen LogP contribution is -2.09. The highest BCUT2D eigenvalue weighted by Gasteiger charge is 2.34. The van der Waals surface area contributed by atoms with E-state index in [2.05, 4.69) is 10.2 Å². The molecule has 1 heterocycles. The van der Waals surface area contributed by atoms with Crippen molar-refractivity contribution in [3.05, 3.63) is 41.5 Å². The standard InChI is InChI=1S/C11H6ClF3N4/c12-4-10-18-17-6-19(10)8-2-1-7(5-16)9(3-8)11(13,14)15/h1-3,6H,4H2. The Morgan fingerprint density at radius 3 is 2.68 bits per heavy atom. The Kier molecular flexibility index (Phi) is 3.44. The maximum Gasteiger partial charge on any atom is 0.417 e. The zero-order valence-electron chi connectivity index (χ0n) is 9.32. The molecule has 1 aromatic carbocycles. The number of hydrogen-bond acceptors (Lipinski definition) is 3. The highest BCUT2D eigenvalue weighted by molar-refractivity contribution is 6.16. The predicted octanol–water partition coefficient (Wildman–Crippen LogP) is 2.90. The molecule has 0 radical (unpaired) electrons. The molecule has 8 heteroatoms. The molecule has 0 unspecified atom stereocenters. The summed E-state index contributed by atoms with van der Waals surface area (Å²) in [5, 5.41) is 16.0. The molecule has 98 valence electrons. The largest absolute Gasteiger partial charge is 0.417 e. The number of benzene rings is 1. The molecular weight excluding hydrogens is 281 g/mol. The van der Waals surface area contributed by atoms with Crippen LogP contribution in [0.5, 0.6) is 0 Å². The fourth-order valence-corrected chi connectivity index (χ4v) is 1.76. The minimum absolute atomic E-state index is 0.0152. The average Bonchev–Trinajstić information content (AvgIpc) is 2.85. The van der Waals surface area contributed by atoms with Gasteiger partial charge in [0.2, 0.25) is 0 Å². The number of rotatable bonds is 2. The molecule has 4 nitrogen and oxygen atoms in total. The van der Waals surface area contributed by atoms with Gasteiger partial charge in [-0.2, -0.15) is 18.4 Å². The predicted molar refractivity (Wildman–Crippen MR) is 60.6 cm³/mol. The number of nitriles is 1. The molecule has 0 atom stereocenters. The SMILES string of the molecule is N#Cc1ccc(-n2cnnc2CCl)cc1C(F)(F)F. The van der Waals surface area contributed by atoms with E-state index in [0.717, 1.165) is 12.1 Å². The zero-order valence-corrected chi connectivity index (χ0v) is 10.1. The summed E-state index contributed by atoms with van der Waals surface area (Å²) in [7, 11) is 0. The van der Waals surface area contributed by atoms with Gasteiger partial charge in [0.05, 0.1) is 23.1 Å². The van der Waals surface area contributed by atoms with Crippen LogP contribution in [0.3, 0.4) is 0 Å². The van der Waals surface area contributed by atoms with Gasteiger partial charge in [0.25, 0.3) is 0 Å². The van der Waals surface area contributed by atoms with Gasteiger partial charge in [0.1, 0.15) is 6.33 Å². The number of hydrogen-bond donors (Lipinski definition) is 0. The third kappa shape index (κ3) is 2.53. The molecule has 0 spiro atoms. The first kappa shape index (κ1) is 13.4. The Morgan fingerprint density at radius 2 is 2.11 bits per heavy atom. The Hall–Kier alpha value is -2.07. The summed E-state index contributed by atoms with van der Waals surface area (Å²) < 4.78 is 39.8. The summed E-state index contributed by atoms with van der Waals surface area (Å²) in [5.74, 6) is 0.334. The van der Waals surface area contributed by atoms with Gasteiger partial charge in [-0.05, 0) is 18.2 Å². The summed E-state index contributed by atoms with van der Waals surface area (Å²) in [6.45, 7) is 0. The number of aromatic nitrogens is 3. The highest BCUT2D eigenvalue weighted by Crippen LogP contribution is 2.33. The summed E-state index contributed by atoms with van der Waals surface area (Å²) in [6, 6.07) is 4.88. The maximum atomic E-state index is 12.8. The van der Waals surface area contributed by atoms with Crippen LogP contribution in [-0.4, -0.2) is 14.8 Å². The van der Waals surface area contributed by atoms with E-state index in [1.165, 1.54) is 23.0 Å². The van der Waals surface area contributed by atoms with Crippen molar-refractivity contribution in [3.8, 4) is 11.8 Å². The monoisotopic (exact) mass is 286 g/mol. The van der Waals surface area contributed by atoms with E-state index in [4.69, 9.17) is 16.9 Å². The van der Waals surface area contributed by atoms with E-state index < -0.39 is 17.3 Å². The van der Waals surface area contributed by atoms with E-state index >= 15 is 0 Å². The normalized spacial score (nSPS) is 11.3. The first-order valence-electron chi connectivity index (χ1n) is 5.04. The third-order valence-corrected chi connectivity index (χ3v) is 2.68. The first-order valence-corrected chi connectivity index (χ1v) is 5.57. The number of halogens is 4. The van der Waals surface area contributed by atoms with Gasteiger partial charge < -0.3 is 0 Å². The van der Waals surface area contributed by atoms with E-state index in [1.807, 2.05) is 0 Å². The van der Waals surface area contributed by atoms with Gasteiger partial charge in [-0.3, -0.25) is 4.57 Å². The maximum absolute atomic E-state index is 12.8. The van der Waals surface area contributed by atoms with Crippen molar-refractivity contribution in [2.45, 2.75) is 12.1 Å². The molecule has 0 amide bonds. The second kappa shape index (κ2) is 4.90. The van der Waals surface area contributed by atoms with Crippen molar-refractivity contribution < 1.29 is 13.2 Å². The molecule has 1 aromatic heterocycles. The van der Waals surface area contributed by atoms with Gasteiger partial charge in [0.15, 0.2) is 5.82 Å². The summed E-state index contributed by atoms with van der Waals surface area (Å²) in [6.07, 6.45) is -3.34. The molecule has 0 N–H and O–H groups in total. The van der Waals surface area contributed by atoms with Crippen LogP contribution in [0.4, 0.5) is 13.2 Å². The molecule has 0 aliphatic carbocycles. The van der Waals surface area contributed by atoms with E-state index in [0.29, 0.717) is 5.82 Å². The van der Waals surface area contributed by atoms with Crippen LogP contribution in [0.2, 0.25) is 0 Å². The molecular formula is C11H6ClF3N4. The summed E-state index contributed by atoms with van der Waals surface area (Å²) in [4.78, 5) is 0. The van der Waals surface area contributed by atoms with Crippen molar-refractivity contribution in [2.24, 2.45) is 0 Å². The molecule has 2 aromatic rings. The molecule has 19 heavy (non-hydrogen) atoms. The van der Waals surface area contributed by atoms with Crippen LogP contribution in [0.1, 0.15) is 17.0 Å². The molecule has 0 aliphatic heterocycles. The van der Waals surface area contributed by atoms with Crippen molar-refractivity contribution >= 4 is 11.6 Å². The second-order valence-electron chi connectivity index (χ2n) is 3.59. The Morgan fingerprint density at radius 1 is 1.37 bits per heavy atom. The van der Waals surface area contributed by atoms with Crippen molar-refractivity contribution in [3.63, 3.8) is 0 Å². The Bertz CT molecular complexity index is 642. The van der Waals surface area contributed by atoms with Crippen LogP contribution in [0.25, 0.3) is 5.69 Å². The topological polar surface area (TPSA) is 54.5 Å². The minimum atomic E-state index is -4.60. The van der Waals surface area contributed by atoms with Crippen LogP contribution in [0.15, 0.2) is 24.5 Å². The Labute approximate surface area is 111 Å². The fraction of sp³-hybridized carbons (Fsp3) is 0.182. The Balaban J connectivity index is 2.59. The van der Waals surface area contributed by atoms with Gasteiger partial charge in [-0.1, -0.05) is 0 Å². The lowest BCUT2D eigenvalue weighted by Gasteiger charge is -2.11. The van der Waals surface area contributed by atoms with Crippen LogP contribution < -0.4 is 0 Å². The van der Waals surface area contributed by atoms with Gasteiger partial charge >= 0.3 is 6.18 Å². The molecule has 0 fully saturated rings. The minimum Gasteiger partial charge on any atom is -0.285 e. The molecule has 0 aliphatic rings. The average molecular weight is 287 g/mol. The second-order valence-corrected chi connectivity index (χ2v) is 3.86. The molecule has 2 rings (SSSR count). The molecule has 0 bridgehead atoms. The van der Waals surface area contributed by atoms with E-state index in [1.54, 1.807) is 0 Å². The van der Waals surface area contributed by atoms with E-state index in [-0.39, 0.29) is 11.6 Å². The van der Waals surface area contributed by atoms with Gasteiger partial charge in [0, 0.05) is 5.69 Å². The smallest absolute Gasteiger partial charge is 0.285 e. The van der Waals surface area contributed by atoms with E-state index in [9.17, 15) is 13.2 Å². The van der Waals surface area contributed by atoms with Crippen LogP contribution >= 0.6 is 11.6 Å². The fourth-order valence-electron chi connectivity index (χ4n) is 1.58.